The van der Waals surface area contributed by atoms with Crippen LogP contribution in [0.3, 0.4) is 0 Å². The summed E-state index contributed by atoms with van der Waals surface area (Å²) in [4.78, 5) is 21.1. The van der Waals surface area contributed by atoms with Crippen molar-refractivity contribution in [1.29, 1.82) is 0 Å². The van der Waals surface area contributed by atoms with Gasteiger partial charge in [-0.2, -0.15) is 0 Å². The molecular formula is C11H19NaO4. The van der Waals surface area contributed by atoms with E-state index in [4.69, 9.17) is 4.74 Å². The van der Waals surface area contributed by atoms with Gasteiger partial charge in [0.05, 0.1) is 6.61 Å². The van der Waals surface area contributed by atoms with Crippen molar-refractivity contribution in [3.8, 4) is 0 Å². The zero-order valence-corrected chi connectivity index (χ0v) is 12.3. The van der Waals surface area contributed by atoms with E-state index < -0.39 is 5.97 Å². The van der Waals surface area contributed by atoms with Crippen LogP contribution in [0.1, 0.15) is 51.9 Å². The number of hydrogen-bond acceptors (Lipinski definition) is 4. The van der Waals surface area contributed by atoms with Gasteiger partial charge in [0.1, 0.15) is 0 Å². The first kappa shape index (κ1) is 18.3. The topological polar surface area (TPSA) is 66.4 Å². The van der Waals surface area contributed by atoms with Gasteiger partial charge in [0.2, 0.25) is 0 Å². The van der Waals surface area contributed by atoms with Crippen LogP contribution in [0.5, 0.6) is 0 Å². The number of esters is 1. The molecule has 0 N–H and O–H groups in total. The molecule has 5 heteroatoms. The molecule has 0 aliphatic carbocycles. The van der Waals surface area contributed by atoms with Gasteiger partial charge >= 0.3 is 35.5 Å². The molecule has 0 unspecified atom stereocenters. The second-order valence-electron chi connectivity index (χ2n) is 3.51. The fraction of sp³-hybridized carbons (Fsp3) is 0.818. The number of aliphatic carboxylic acids is 1. The molecule has 0 bridgehead atoms. The molecule has 0 aliphatic rings. The second-order valence-corrected chi connectivity index (χ2v) is 3.51. The van der Waals surface area contributed by atoms with Gasteiger partial charge < -0.3 is 14.6 Å². The van der Waals surface area contributed by atoms with Crippen molar-refractivity contribution in [2.45, 2.75) is 51.9 Å². The van der Waals surface area contributed by atoms with Crippen LogP contribution in [0.15, 0.2) is 0 Å². The van der Waals surface area contributed by atoms with E-state index in [1.54, 1.807) is 0 Å². The van der Waals surface area contributed by atoms with Gasteiger partial charge in [-0.3, -0.25) is 4.79 Å². The Kier molecular flexibility index (Phi) is 14.9. The maximum absolute atomic E-state index is 11.1. The first-order valence-electron chi connectivity index (χ1n) is 5.52. The summed E-state index contributed by atoms with van der Waals surface area (Å²) >= 11 is 0. The van der Waals surface area contributed by atoms with E-state index >= 15 is 0 Å². The molecule has 16 heavy (non-hydrogen) atoms. The molecular weight excluding hydrogens is 219 g/mol. The van der Waals surface area contributed by atoms with E-state index in [0.717, 1.165) is 19.3 Å². The Morgan fingerprint density at radius 2 is 1.69 bits per heavy atom. The molecule has 0 atom stereocenters. The van der Waals surface area contributed by atoms with Crippen LogP contribution < -0.4 is 34.7 Å². The fourth-order valence-corrected chi connectivity index (χ4v) is 1.15. The van der Waals surface area contributed by atoms with Crippen molar-refractivity contribution >= 4 is 11.9 Å². The summed E-state index contributed by atoms with van der Waals surface area (Å²) in [6.45, 7) is 2.56. The number of rotatable bonds is 9. The number of hydrogen-bond donors (Lipinski definition) is 0. The summed E-state index contributed by atoms with van der Waals surface area (Å²) in [5.74, 6) is -1.30. The quantitative estimate of drug-likeness (QED) is 0.266. The number of carboxylic acids is 1. The molecule has 88 valence electrons. The van der Waals surface area contributed by atoms with Crippen LogP contribution in [-0.2, 0) is 14.3 Å². The van der Waals surface area contributed by atoms with Crippen LogP contribution in [0.2, 0.25) is 0 Å². The molecule has 0 heterocycles. The summed E-state index contributed by atoms with van der Waals surface area (Å²) in [6, 6.07) is 0. The van der Waals surface area contributed by atoms with Crippen molar-refractivity contribution in [3.05, 3.63) is 0 Å². The predicted molar refractivity (Wildman–Crippen MR) is 54.0 cm³/mol. The molecule has 0 spiro atoms. The number of carboxylic acid groups (broad SMARTS) is 1. The first-order chi connectivity index (χ1) is 7.16. The zero-order valence-electron chi connectivity index (χ0n) is 10.3. The maximum Gasteiger partial charge on any atom is 1.00 e. The summed E-state index contributed by atoms with van der Waals surface area (Å²) in [7, 11) is 0. The van der Waals surface area contributed by atoms with E-state index in [1.165, 1.54) is 0 Å². The van der Waals surface area contributed by atoms with Gasteiger partial charge in [-0.25, -0.2) is 0 Å². The minimum atomic E-state index is -1.06. The molecule has 0 aromatic heterocycles. The largest absolute Gasteiger partial charge is 1.00 e. The molecule has 0 aromatic carbocycles. The van der Waals surface area contributed by atoms with Crippen molar-refractivity contribution in [2.24, 2.45) is 0 Å². The molecule has 0 saturated carbocycles. The second kappa shape index (κ2) is 13.0. The van der Waals surface area contributed by atoms with Crippen molar-refractivity contribution in [2.75, 3.05) is 6.61 Å². The standard InChI is InChI=1S/C11H20O4.Na/c1-2-3-6-9-15-11(14)8-5-4-7-10(12)13;/h2-9H2,1H3,(H,12,13);/q;+1/p-1. The smallest absolute Gasteiger partial charge is 0.550 e. The normalized spacial score (nSPS) is 9.31. The van der Waals surface area contributed by atoms with Crippen molar-refractivity contribution < 1.29 is 49.0 Å². The minimum Gasteiger partial charge on any atom is -0.550 e. The number of carbonyl (C=O) groups is 2. The van der Waals surface area contributed by atoms with Gasteiger partial charge in [-0.1, -0.05) is 19.8 Å². The van der Waals surface area contributed by atoms with Gasteiger partial charge in [-0.05, 0) is 25.7 Å². The molecule has 0 saturated heterocycles. The molecule has 0 aliphatic heterocycles. The van der Waals surface area contributed by atoms with Crippen LogP contribution in [-0.4, -0.2) is 18.5 Å². The minimum absolute atomic E-state index is 0. The Bertz CT molecular complexity index is 194. The maximum atomic E-state index is 11.1. The molecule has 0 aromatic rings. The first-order valence-corrected chi connectivity index (χ1v) is 5.52. The Labute approximate surface area is 119 Å². The SMILES string of the molecule is CCCCCOC(=O)CCCCC(=O)[O-].[Na+]. The summed E-state index contributed by atoms with van der Waals surface area (Å²) in [5, 5.41) is 10.1. The van der Waals surface area contributed by atoms with Crippen LogP contribution >= 0.6 is 0 Å². The Hall–Kier alpha value is -0.0600. The summed E-state index contributed by atoms with van der Waals surface area (Å²) in [6.07, 6.45) is 4.43. The number of unbranched alkanes of at least 4 members (excludes halogenated alkanes) is 3. The third kappa shape index (κ3) is 13.9. The molecule has 0 fully saturated rings. The van der Waals surface area contributed by atoms with Crippen LogP contribution in [0.25, 0.3) is 0 Å². The summed E-state index contributed by atoms with van der Waals surface area (Å²) < 4.78 is 4.95. The predicted octanol–water partition coefficient (Wildman–Crippen LogP) is -1.97. The van der Waals surface area contributed by atoms with E-state index in [-0.39, 0.29) is 41.9 Å². The third-order valence-corrected chi connectivity index (χ3v) is 2.02. The van der Waals surface area contributed by atoms with Gasteiger partial charge in [0.15, 0.2) is 0 Å². The van der Waals surface area contributed by atoms with Crippen molar-refractivity contribution in [1.82, 2.24) is 0 Å². The Morgan fingerprint density at radius 3 is 2.25 bits per heavy atom. The van der Waals surface area contributed by atoms with E-state index in [9.17, 15) is 14.7 Å². The Morgan fingerprint density at radius 1 is 1.06 bits per heavy atom. The van der Waals surface area contributed by atoms with E-state index in [1.807, 2.05) is 0 Å². The molecule has 0 rings (SSSR count). The summed E-state index contributed by atoms with van der Waals surface area (Å²) in [5.41, 5.74) is 0. The van der Waals surface area contributed by atoms with Crippen LogP contribution in [0.4, 0.5) is 0 Å². The average molecular weight is 238 g/mol. The fourth-order valence-electron chi connectivity index (χ4n) is 1.15. The number of ether oxygens (including phenoxy) is 1. The van der Waals surface area contributed by atoms with Crippen molar-refractivity contribution in [3.63, 3.8) is 0 Å². The third-order valence-electron chi connectivity index (χ3n) is 2.02. The number of carbonyl (C=O) groups excluding carboxylic acids is 2. The molecule has 4 nitrogen and oxygen atoms in total. The van der Waals surface area contributed by atoms with Gasteiger partial charge in [0, 0.05) is 12.4 Å². The Balaban J connectivity index is 0. The monoisotopic (exact) mass is 238 g/mol. The van der Waals surface area contributed by atoms with E-state index in [2.05, 4.69) is 6.92 Å². The van der Waals surface area contributed by atoms with Crippen LogP contribution in [0, 0.1) is 0 Å². The average Bonchev–Trinajstić information content (AvgIpc) is 2.19. The van der Waals surface area contributed by atoms with E-state index in [0.29, 0.717) is 25.9 Å². The molecule has 0 amide bonds. The van der Waals surface area contributed by atoms with Gasteiger partial charge in [0.25, 0.3) is 0 Å². The van der Waals surface area contributed by atoms with Gasteiger partial charge in [-0.15, -0.1) is 0 Å². The molecule has 0 radical (unpaired) electrons. The zero-order chi connectivity index (χ0) is 11.5.